The number of carbonyl (C=O) groups excluding carboxylic acids is 1. The summed E-state index contributed by atoms with van der Waals surface area (Å²) in [5.74, 6) is -0.695. The van der Waals surface area contributed by atoms with Crippen molar-refractivity contribution in [2.75, 3.05) is 6.61 Å². The van der Waals surface area contributed by atoms with Crippen molar-refractivity contribution in [2.45, 2.75) is 57.4 Å². The topological polar surface area (TPSA) is 104 Å². The van der Waals surface area contributed by atoms with Crippen molar-refractivity contribution >= 4 is 33.7 Å². The number of pyridine rings is 1. The minimum absolute atomic E-state index is 0.0229. The summed E-state index contributed by atoms with van der Waals surface area (Å²) in [4.78, 5) is 31.9. The van der Waals surface area contributed by atoms with Crippen molar-refractivity contribution in [1.82, 2.24) is 15.3 Å². The molecule has 0 saturated heterocycles. The Morgan fingerprint density at radius 2 is 1.86 bits per heavy atom. The van der Waals surface area contributed by atoms with E-state index >= 15 is 0 Å². The Morgan fingerprint density at radius 1 is 1.06 bits per heavy atom. The van der Waals surface area contributed by atoms with Gasteiger partial charge in [-0.25, -0.2) is 4.98 Å². The lowest BCUT2D eigenvalue weighted by molar-refractivity contribution is -0.137. The number of hydrogen-bond acceptors (Lipinski definition) is 4. The molecule has 1 aliphatic rings. The summed E-state index contributed by atoms with van der Waals surface area (Å²) in [6.45, 7) is 1.89. The van der Waals surface area contributed by atoms with Crippen LogP contribution in [-0.4, -0.2) is 39.6 Å². The molecular formula is C29H31N3O4. The molecule has 0 radical (unpaired) electrons. The van der Waals surface area contributed by atoms with Crippen LogP contribution < -0.4 is 10.1 Å². The molecule has 3 N–H and O–H groups in total. The molecule has 1 aliphatic carbocycles. The number of H-pyrrole nitrogens is 1. The number of carboxylic acid groups (broad SMARTS) is 1. The second kappa shape index (κ2) is 10.4. The van der Waals surface area contributed by atoms with Crippen molar-refractivity contribution in [3.05, 3.63) is 71.5 Å². The minimum atomic E-state index is -0.866. The quantitative estimate of drug-likeness (QED) is 0.307. The fourth-order valence-electron chi connectivity index (χ4n) is 5.24. The van der Waals surface area contributed by atoms with Crippen LogP contribution in [0.4, 0.5) is 0 Å². The van der Waals surface area contributed by atoms with E-state index < -0.39 is 5.97 Å². The summed E-state index contributed by atoms with van der Waals surface area (Å²) in [5, 5.41) is 15.7. The number of aromatic amines is 1. The molecule has 1 saturated carbocycles. The number of fused-ring (bicyclic) bond motifs is 2. The number of amides is 1. The predicted molar refractivity (Wildman–Crippen MR) is 139 cm³/mol. The van der Waals surface area contributed by atoms with Crippen LogP contribution in [0.1, 0.15) is 61.3 Å². The zero-order valence-electron chi connectivity index (χ0n) is 20.4. The van der Waals surface area contributed by atoms with E-state index in [0.29, 0.717) is 5.75 Å². The van der Waals surface area contributed by atoms with Crippen LogP contribution >= 0.6 is 0 Å². The molecule has 186 valence electrons. The lowest BCUT2D eigenvalue weighted by Crippen LogP contribution is -2.38. The van der Waals surface area contributed by atoms with Crippen molar-refractivity contribution < 1.29 is 19.4 Å². The van der Waals surface area contributed by atoms with Crippen LogP contribution in [0.3, 0.4) is 0 Å². The Morgan fingerprint density at radius 3 is 2.67 bits per heavy atom. The highest BCUT2D eigenvalue weighted by Crippen LogP contribution is 2.34. The number of aryl methyl sites for hydroxylation is 1. The molecule has 1 unspecified atom stereocenters. The van der Waals surface area contributed by atoms with Crippen LogP contribution in [0.25, 0.3) is 21.8 Å². The molecule has 1 atom stereocenters. The zero-order valence-corrected chi connectivity index (χ0v) is 20.4. The number of benzene rings is 2. The molecule has 7 heteroatoms. The number of carbonyl (C=O) groups is 2. The van der Waals surface area contributed by atoms with E-state index in [0.717, 1.165) is 64.3 Å². The Bertz CT molecular complexity index is 1400. The van der Waals surface area contributed by atoms with E-state index in [9.17, 15) is 14.7 Å². The highest BCUT2D eigenvalue weighted by Gasteiger charge is 2.22. The number of ether oxygens (including phenoxy) is 1. The first kappa shape index (κ1) is 23.9. The molecule has 7 nitrogen and oxygen atoms in total. The van der Waals surface area contributed by atoms with Crippen LogP contribution in [-0.2, 0) is 9.59 Å². The van der Waals surface area contributed by atoms with Crippen molar-refractivity contribution in [3.63, 3.8) is 0 Å². The van der Waals surface area contributed by atoms with Gasteiger partial charge >= 0.3 is 5.97 Å². The fraction of sp³-hybridized carbons (Fsp3) is 0.345. The monoisotopic (exact) mass is 485 g/mol. The second-order valence-corrected chi connectivity index (χ2v) is 9.69. The second-order valence-electron chi connectivity index (χ2n) is 9.69. The predicted octanol–water partition coefficient (Wildman–Crippen LogP) is 5.46. The minimum Gasteiger partial charge on any atom is -0.484 e. The summed E-state index contributed by atoms with van der Waals surface area (Å²) >= 11 is 0. The van der Waals surface area contributed by atoms with Gasteiger partial charge in [0, 0.05) is 29.2 Å². The molecule has 0 spiro atoms. The maximum absolute atomic E-state index is 12.4. The van der Waals surface area contributed by atoms with Crippen LogP contribution in [0.5, 0.6) is 5.75 Å². The van der Waals surface area contributed by atoms with Crippen LogP contribution in [0.15, 0.2) is 54.7 Å². The molecule has 2 aromatic heterocycles. The third-order valence-corrected chi connectivity index (χ3v) is 7.10. The van der Waals surface area contributed by atoms with Gasteiger partial charge in [-0.1, -0.05) is 43.5 Å². The Balaban J connectivity index is 1.38. The third-order valence-electron chi connectivity index (χ3n) is 7.10. The van der Waals surface area contributed by atoms with Gasteiger partial charge in [-0.2, -0.15) is 0 Å². The van der Waals surface area contributed by atoms with Gasteiger partial charge in [0.2, 0.25) is 0 Å². The van der Waals surface area contributed by atoms with E-state index in [-0.39, 0.29) is 30.9 Å². The smallest absolute Gasteiger partial charge is 0.304 e. The van der Waals surface area contributed by atoms with E-state index in [2.05, 4.69) is 15.3 Å². The zero-order chi connectivity index (χ0) is 25.1. The third kappa shape index (κ3) is 5.35. The first-order chi connectivity index (χ1) is 17.5. The average molecular weight is 486 g/mol. The Labute approximate surface area is 209 Å². The summed E-state index contributed by atoms with van der Waals surface area (Å²) in [6, 6.07) is 15.9. The van der Waals surface area contributed by atoms with Gasteiger partial charge in [0.05, 0.1) is 6.42 Å². The first-order valence-electron chi connectivity index (χ1n) is 12.6. The van der Waals surface area contributed by atoms with Gasteiger partial charge in [-0.3, -0.25) is 9.59 Å². The molecule has 2 aromatic carbocycles. The largest absolute Gasteiger partial charge is 0.484 e. The number of aliphatic carboxylic acids is 1. The van der Waals surface area contributed by atoms with Crippen molar-refractivity contribution in [2.24, 2.45) is 0 Å². The van der Waals surface area contributed by atoms with Crippen molar-refractivity contribution in [1.29, 1.82) is 0 Å². The van der Waals surface area contributed by atoms with Crippen LogP contribution in [0.2, 0.25) is 0 Å². The molecule has 1 fully saturated rings. The highest BCUT2D eigenvalue weighted by atomic mass is 16.5. The van der Waals surface area contributed by atoms with E-state index in [1.54, 1.807) is 0 Å². The summed E-state index contributed by atoms with van der Waals surface area (Å²) in [5.41, 5.74) is 3.39. The Kier molecular flexibility index (Phi) is 6.89. The fourth-order valence-corrected chi connectivity index (χ4v) is 5.24. The molecule has 1 amide bonds. The summed E-state index contributed by atoms with van der Waals surface area (Å²) < 4.78 is 5.81. The van der Waals surface area contributed by atoms with Crippen molar-refractivity contribution in [3.8, 4) is 5.75 Å². The molecular weight excluding hydrogens is 454 g/mol. The maximum Gasteiger partial charge on any atom is 0.304 e. The van der Waals surface area contributed by atoms with Gasteiger partial charge in [-0.05, 0) is 65.9 Å². The van der Waals surface area contributed by atoms with E-state index in [4.69, 9.17) is 4.74 Å². The van der Waals surface area contributed by atoms with Gasteiger partial charge in [0.1, 0.15) is 11.4 Å². The number of nitrogens with zero attached hydrogens (tertiary/aromatic N) is 1. The molecule has 0 aliphatic heterocycles. The van der Waals surface area contributed by atoms with Gasteiger partial charge in [0.25, 0.3) is 5.91 Å². The molecule has 0 bridgehead atoms. The number of carboxylic acids is 1. The summed E-state index contributed by atoms with van der Waals surface area (Å²) in [7, 11) is 0. The maximum atomic E-state index is 12.4. The SMILES string of the molecule is Cc1nc2[nH]ccc2cc1C(CC(=O)O)c1ccc2ccc(OCC(=O)NC3CCCCC3)cc2c1. The first-order valence-corrected chi connectivity index (χ1v) is 12.6. The summed E-state index contributed by atoms with van der Waals surface area (Å²) in [6.07, 6.45) is 7.43. The number of aromatic nitrogens is 2. The van der Waals surface area contributed by atoms with Gasteiger partial charge in [-0.15, -0.1) is 0 Å². The normalized spacial score (nSPS) is 15.1. The van der Waals surface area contributed by atoms with Gasteiger partial charge in [0.15, 0.2) is 6.61 Å². The van der Waals surface area contributed by atoms with Crippen LogP contribution in [0, 0.1) is 6.92 Å². The molecule has 4 aromatic rings. The Hall–Kier alpha value is -3.87. The lowest BCUT2D eigenvalue weighted by atomic mass is 9.86. The van der Waals surface area contributed by atoms with E-state index in [1.165, 1.54) is 6.42 Å². The van der Waals surface area contributed by atoms with Gasteiger partial charge < -0.3 is 20.1 Å². The lowest BCUT2D eigenvalue weighted by Gasteiger charge is -2.22. The molecule has 5 rings (SSSR count). The highest BCUT2D eigenvalue weighted by molar-refractivity contribution is 5.85. The molecule has 36 heavy (non-hydrogen) atoms. The van der Waals surface area contributed by atoms with E-state index in [1.807, 2.05) is 61.7 Å². The average Bonchev–Trinajstić information content (AvgIpc) is 3.33. The molecule has 2 heterocycles. The number of nitrogens with one attached hydrogen (secondary N) is 2. The number of hydrogen-bond donors (Lipinski definition) is 3. The standard InChI is InChI=1S/C29H31N3O4/c1-18-25(15-21-11-12-30-29(21)31-18)26(16-28(34)35)20-8-7-19-9-10-24(14-22(19)13-20)36-17-27(33)32-23-5-3-2-4-6-23/h7-15,23,26H,2-6,16-17H2,1H3,(H,30,31)(H,32,33)(H,34,35). The number of rotatable bonds is 8.